The molecule has 0 aliphatic carbocycles. The van der Waals surface area contributed by atoms with Gasteiger partial charge in [-0.1, -0.05) is 24.3 Å². The van der Waals surface area contributed by atoms with E-state index in [1.165, 1.54) is 0 Å². The van der Waals surface area contributed by atoms with Crippen LogP contribution < -0.4 is 14.2 Å². The first-order valence-electron chi connectivity index (χ1n) is 10.3. The number of aryl methyl sites for hydroxylation is 1. The van der Waals surface area contributed by atoms with Gasteiger partial charge in [-0.05, 0) is 49.7 Å². The van der Waals surface area contributed by atoms with Crippen molar-refractivity contribution in [3.05, 3.63) is 83.7 Å². The molecule has 0 saturated heterocycles. The van der Waals surface area contributed by atoms with Crippen molar-refractivity contribution in [2.24, 2.45) is 0 Å². The van der Waals surface area contributed by atoms with Crippen molar-refractivity contribution < 1.29 is 19.0 Å². The number of hydrogen-bond donors (Lipinski definition) is 0. The first-order chi connectivity index (χ1) is 15.1. The van der Waals surface area contributed by atoms with E-state index >= 15 is 0 Å². The Morgan fingerprint density at radius 2 is 1.81 bits per heavy atom. The smallest absolute Gasteiger partial charge is 0.253 e. The van der Waals surface area contributed by atoms with Crippen LogP contribution in [0.25, 0.3) is 0 Å². The van der Waals surface area contributed by atoms with Crippen molar-refractivity contribution >= 4 is 5.91 Å². The summed E-state index contributed by atoms with van der Waals surface area (Å²) in [5, 5.41) is 0. The lowest BCUT2D eigenvalue weighted by Crippen LogP contribution is -2.31. The number of hydrogen-bond acceptors (Lipinski definition) is 5. The van der Waals surface area contributed by atoms with Gasteiger partial charge in [0.25, 0.3) is 5.91 Å². The molecule has 3 aromatic rings. The van der Waals surface area contributed by atoms with Crippen LogP contribution in [0.5, 0.6) is 17.2 Å². The fraction of sp³-hybridized carbons (Fsp3) is 0.280. The number of carbonyl (C=O) groups is 1. The van der Waals surface area contributed by atoms with Gasteiger partial charge in [-0.25, -0.2) is 0 Å². The highest BCUT2D eigenvalue weighted by molar-refractivity contribution is 5.94. The number of ether oxygens (including phenoxy) is 3. The molecule has 0 aliphatic rings. The maximum Gasteiger partial charge on any atom is 0.253 e. The summed E-state index contributed by atoms with van der Waals surface area (Å²) in [4.78, 5) is 18.6. The third kappa shape index (κ3) is 6.22. The molecule has 2 aromatic carbocycles. The highest BCUT2D eigenvalue weighted by atomic mass is 16.5. The molecule has 1 heterocycles. The molecule has 6 nitrogen and oxygen atoms in total. The zero-order valence-electron chi connectivity index (χ0n) is 18.2. The fourth-order valence-electron chi connectivity index (χ4n) is 3.01. The molecule has 1 amide bonds. The highest BCUT2D eigenvalue weighted by Gasteiger charge is 2.16. The summed E-state index contributed by atoms with van der Waals surface area (Å²) >= 11 is 0. The summed E-state index contributed by atoms with van der Waals surface area (Å²) in [6, 6.07) is 16.9. The molecular formula is C25H28N2O4. The number of carbonyl (C=O) groups excluding carboxylic acids is 1. The second-order valence-corrected chi connectivity index (χ2v) is 7.09. The van der Waals surface area contributed by atoms with Gasteiger partial charge in [-0.3, -0.25) is 9.78 Å². The molecule has 0 fully saturated rings. The molecule has 0 N–H and O–H groups in total. The zero-order chi connectivity index (χ0) is 22.1. The topological polar surface area (TPSA) is 60.9 Å². The van der Waals surface area contributed by atoms with E-state index in [1.54, 1.807) is 42.5 Å². The number of para-hydroxylation sites is 1. The van der Waals surface area contributed by atoms with Crippen molar-refractivity contribution in [2.75, 3.05) is 26.8 Å². The fourth-order valence-corrected chi connectivity index (χ4v) is 3.01. The standard InChI is InChI=1S/C25H28N2O4/c1-4-29-24-16-21(11-12-23(24)31-18-20-9-7-13-26-17-20)25(28)27(3)14-15-30-22-10-6-5-8-19(22)2/h5-13,16-17H,4,14-15,18H2,1-3H3. The summed E-state index contributed by atoms with van der Waals surface area (Å²) in [6.07, 6.45) is 3.48. The van der Waals surface area contributed by atoms with Crippen molar-refractivity contribution in [1.29, 1.82) is 0 Å². The maximum atomic E-state index is 12.9. The van der Waals surface area contributed by atoms with Crippen LogP contribution >= 0.6 is 0 Å². The Balaban J connectivity index is 1.61. The van der Waals surface area contributed by atoms with Crippen LogP contribution in [0.2, 0.25) is 0 Å². The molecule has 0 aliphatic heterocycles. The van der Waals surface area contributed by atoms with Crippen LogP contribution in [0.1, 0.15) is 28.4 Å². The van der Waals surface area contributed by atoms with E-state index in [0.29, 0.717) is 43.4 Å². The predicted octanol–water partition coefficient (Wildman–Crippen LogP) is 4.52. The van der Waals surface area contributed by atoms with Gasteiger partial charge in [0, 0.05) is 30.6 Å². The Hall–Kier alpha value is -3.54. The van der Waals surface area contributed by atoms with Gasteiger partial charge < -0.3 is 19.1 Å². The lowest BCUT2D eigenvalue weighted by molar-refractivity contribution is 0.0773. The second kappa shape index (κ2) is 11.0. The molecule has 162 valence electrons. The molecule has 0 spiro atoms. The van der Waals surface area contributed by atoms with Crippen LogP contribution in [-0.4, -0.2) is 42.6 Å². The minimum absolute atomic E-state index is 0.104. The van der Waals surface area contributed by atoms with Gasteiger partial charge in [0.2, 0.25) is 0 Å². The Morgan fingerprint density at radius 3 is 2.55 bits per heavy atom. The molecule has 6 heteroatoms. The normalized spacial score (nSPS) is 10.4. The first-order valence-corrected chi connectivity index (χ1v) is 10.3. The lowest BCUT2D eigenvalue weighted by Gasteiger charge is -2.19. The Kier molecular flexibility index (Phi) is 7.87. The van der Waals surface area contributed by atoms with E-state index in [4.69, 9.17) is 14.2 Å². The quantitative estimate of drug-likeness (QED) is 0.483. The monoisotopic (exact) mass is 420 g/mol. The summed E-state index contributed by atoms with van der Waals surface area (Å²) in [6.45, 7) is 5.62. The number of amides is 1. The summed E-state index contributed by atoms with van der Waals surface area (Å²) < 4.78 is 17.4. The molecule has 1 aromatic heterocycles. The molecule has 0 saturated carbocycles. The maximum absolute atomic E-state index is 12.9. The van der Waals surface area contributed by atoms with Gasteiger partial charge in [0.05, 0.1) is 13.2 Å². The summed E-state index contributed by atoms with van der Waals surface area (Å²) in [5.41, 5.74) is 2.56. The minimum atomic E-state index is -0.104. The van der Waals surface area contributed by atoms with Gasteiger partial charge in [0.15, 0.2) is 11.5 Å². The van der Waals surface area contributed by atoms with Gasteiger partial charge in [0.1, 0.15) is 19.0 Å². The highest BCUT2D eigenvalue weighted by Crippen LogP contribution is 2.29. The Bertz CT molecular complexity index is 992. The summed E-state index contributed by atoms with van der Waals surface area (Å²) in [7, 11) is 1.76. The molecule has 0 bridgehead atoms. The van der Waals surface area contributed by atoms with Gasteiger partial charge in [-0.2, -0.15) is 0 Å². The number of pyridine rings is 1. The molecule has 0 atom stereocenters. The number of likely N-dealkylation sites (N-methyl/N-ethyl adjacent to an activating group) is 1. The first kappa shape index (κ1) is 22.2. The van der Waals surface area contributed by atoms with Gasteiger partial charge >= 0.3 is 0 Å². The molecule has 3 rings (SSSR count). The van der Waals surface area contributed by atoms with Crippen molar-refractivity contribution in [3.8, 4) is 17.2 Å². The number of nitrogens with zero attached hydrogens (tertiary/aromatic N) is 2. The van der Waals surface area contributed by atoms with E-state index in [2.05, 4.69) is 4.98 Å². The van der Waals surface area contributed by atoms with Crippen molar-refractivity contribution in [1.82, 2.24) is 9.88 Å². The number of benzene rings is 2. The van der Waals surface area contributed by atoms with Crippen LogP contribution in [0.15, 0.2) is 67.0 Å². The van der Waals surface area contributed by atoms with Crippen LogP contribution in [0.4, 0.5) is 0 Å². The third-order valence-electron chi connectivity index (χ3n) is 4.73. The van der Waals surface area contributed by atoms with Crippen LogP contribution in [-0.2, 0) is 6.61 Å². The van der Waals surface area contributed by atoms with Crippen molar-refractivity contribution in [3.63, 3.8) is 0 Å². The molecule has 0 radical (unpaired) electrons. The third-order valence-corrected chi connectivity index (χ3v) is 4.73. The SMILES string of the molecule is CCOc1cc(C(=O)N(C)CCOc2ccccc2C)ccc1OCc1cccnc1. The van der Waals surface area contributed by atoms with E-state index < -0.39 is 0 Å². The molecular weight excluding hydrogens is 392 g/mol. The van der Waals surface area contributed by atoms with E-state index in [-0.39, 0.29) is 5.91 Å². The van der Waals surface area contributed by atoms with E-state index in [1.807, 2.05) is 50.2 Å². The number of aromatic nitrogens is 1. The molecule has 0 unspecified atom stereocenters. The average Bonchev–Trinajstić information content (AvgIpc) is 2.79. The minimum Gasteiger partial charge on any atom is -0.491 e. The average molecular weight is 421 g/mol. The van der Waals surface area contributed by atoms with E-state index in [9.17, 15) is 4.79 Å². The van der Waals surface area contributed by atoms with Crippen LogP contribution in [0, 0.1) is 6.92 Å². The lowest BCUT2D eigenvalue weighted by atomic mass is 10.1. The Morgan fingerprint density at radius 1 is 0.968 bits per heavy atom. The van der Waals surface area contributed by atoms with Crippen LogP contribution in [0.3, 0.4) is 0 Å². The molecule has 31 heavy (non-hydrogen) atoms. The zero-order valence-corrected chi connectivity index (χ0v) is 18.2. The van der Waals surface area contributed by atoms with E-state index in [0.717, 1.165) is 16.9 Å². The second-order valence-electron chi connectivity index (χ2n) is 7.09. The number of rotatable bonds is 10. The van der Waals surface area contributed by atoms with Crippen molar-refractivity contribution in [2.45, 2.75) is 20.5 Å². The summed E-state index contributed by atoms with van der Waals surface area (Å²) in [5.74, 6) is 1.86. The Labute approximate surface area is 183 Å². The largest absolute Gasteiger partial charge is 0.491 e. The predicted molar refractivity (Wildman–Crippen MR) is 120 cm³/mol. The van der Waals surface area contributed by atoms with Gasteiger partial charge in [-0.15, -0.1) is 0 Å².